The summed E-state index contributed by atoms with van der Waals surface area (Å²) in [5.74, 6) is -3.82. The van der Waals surface area contributed by atoms with E-state index in [2.05, 4.69) is 4.90 Å². The van der Waals surface area contributed by atoms with Gasteiger partial charge in [0.2, 0.25) is 0 Å². The Labute approximate surface area is 240 Å². The maximum absolute atomic E-state index is 13.9. The predicted molar refractivity (Wildman–Crippen MR) is 145 cm³/mol. The average molecular weight is 602 g/mol. The van der Waals surface area contributed by atoms with Gasteiger partial charge in [0, 0.05) is 57.6 Å². The zero-order valence-corrected chi connectivity index (χ0v) is 23.6. The van der Waals surface area contributed by atoms with E-state index in [0.717, 1.165) is 42.9 Å². The molecule has 1 atom stereocenters. The van der Waals surface area contributed by atoms with Crippen LogP contribution < -0.4 is 4.90 Å². The van der Waals surface area contributed by atoms with Crippen molar-refractivity contribution in [1.82, 2.24) is 9.80 Å². The SMILES string of the molecule is CN(C)C(=O)c1ccc(N2CCC(CC3CCN(C(=O)[C@](O)(c4cc(F)cc(F)c4)C(F)(F)F)CC3)CC2)cc1Cl. The molecule has 0 spiro atoms. The number of benzene rings is 2. The number of piperidine rings is 2. The number of hydrogen-bond donors (Lipinski definition) is 1. The van der Waals surface area contributed by atoms with Gasteiger partial charge in [0.1, 0.15) is 11.6 Å². The molecule has 4 rings (SSSR count). The maximum Gasteiger partial charge on any atom is 0.430 e. The van der Waals surface area contributed by atoms with Crippen LogP contribution in [0.4, 0.5) is 27.6 Å². The van der Waals surface area contributed by atoms with Gasteiger partial charge in [-0.15, -0.1) is 0 Å². The van der Waals surface area contributed by atoms with Gasteiger partial charge in [-0.05, 0) is 74.3 Å². The highest BCUT2D eigenvalue weighted by Gasteiger charge is 2.62. The summed E-state index contributed by atoms with van der Waals surface area (Å²) in [7, 11) is 3.33. The molecule has 2 heterocycles. The van der Waals surface area contributed by atoms with Crippen LogP contribution in [0.1, 0.15) is 48.0 Å². The fourth-order valence-corrected chi connectivity index (χ4v) is 6.04. The molecule has 0 aromatic heterocycles. The normalized spacial score (nSPS) is 18.8. The number of halogens is 6. The minimum atomic E-state index is -5.47. The molecular formula is C29H33ClF5N3O3. The summed E-state index contributed by atoms with van der Waals surface area (Å²) in [5.41, 5.74) is -3.85. The van der Waals surface area contributed by atoms with Crippen LogP contribution in [0, 0.1) is 23.5 Å². The largest absolute Gasteiger partial charge is 0.430 e. The van der Waals surface area contributed by atoms with E-state index < -0.39 is 34.9 Å². The average Bonchev–Trinajstić information content (AvgIpc) is 2.91. The van der Waals surface area contributed by atoms with Crippen LogP contribution in [-0.2, 0) is 10.4 Å². The van der Waals surface area contributed by atoms with Crippen molar-refractivity contribution in [3.05, 3.63) is 64.2 Å². The van der Waals surface area contributed by atoms with Crippen molar-refractivity contribution in [3.63, 3.8) is 0 Å². The minimum Gasteiger partial charge on any atom is -0.371 e. The summed E-state index contributed by atoms with van der Waals surface area (Å²) in [6.45, 7) is 1.61. The minimum absolute atomic E-state index is 0.00898. The summed E-state index contributed by atoms with van der Waals surface area (Å²) in [5, 5.41) is 10.9. The second-order valence-electron chi connectivity index (χ2n) is 11.1. The summed E-state index contributed by atoms with van der Waals surface area (Å²) < 4.78 is 69.2. The lowest BCUT2D eigenvalue weighted by atomic mass is 9.82. The quantitative estimate of drug-likeness (QED) is 0.437. The van der Waals surface area contributed by atoms with Crippen LogP contribution in [0.3, 0.4) is 0 Å². The van der Waals surface area contributed by atoms with Gasteiger partial charge in [0.25, 0.3) is 17.4 Å². The van der Waals surface area contributed by atoms with Crippen molar-refractivity contribution in [2.45, 2.75) is 43.9 Å². The molecule has 0 aliphatic carbocycles. The second-order valence-corrected chi connectivity index (χ2v) is 11.5. The number of likely N-dealkylation sites (tertiary alicyclic amines) is 1. The van der Waals surface area contributed by atoms with Gasteiger partial charge in [-0.1, -0.05) is 11.6 Å². The molecule has 6 nitrogen and oxygen atoms in total. The first-order valence-electron chi connectivity index (χ1n) is 13.5. The first kappa shape index (κ1) is 31.0. The summed E-state index contributed by atoms with van der Waals surface area (Å²) in [6.07, 6.45) is -1.85. The van der Waals surface area contributed by atoms with Crippen molar-refractivity contribution >= 4 is 29.1 Å². The molecule has 41 heavy (non-hydrogen) atoms. The third-order valence-electron chi connectivity index (χ3n) is 8.14. The number of nitrogens with zero attached hydrogens (tertiary/aromatic N) is 3. The molecule has 2 fully saturated rings. The molecule has 2 aliphatic rings. The summed E-state index contributed by atoms with van der Waals surface area (Å²) in [4.78, 5) is 29.8. The first-order chi connectivity index (χ1) is 19.2. The lowest BCUT2D eigenvalue weighted by Crippen LogP contribution is -2.57. The van der Waals surface area contributed by atoms with Crippen LogP contribution in [0.15, 0.2) is 36.4 Å². The Morgan fingerprint density at radius 2 is 1.46 bits per heavy atom. The number of alkyl halides is 3. The van der Waals surface area contributed by atoms with Crippen molar-refractivity contribution in [1.29, 1.82) is 0 Å². The third kappa shape index (κ3) is 6.61. The Morgan fingerprint density at radius 1 is 0.927 bits per heavy atom. The number of hydrogen-bond acceptors (Lipinski definition) is 4. The Kier molecular flexibility index (Phi) is 9.18. The van der Waals surface area contributed by atoms with E-state index >= 15 is 0 Å². The third-order valence-corrected chi connectivity index (χ3v) is 8.45. The predicted octanol–water partition coefficient (Wildman–Crippen LogP) is 5.62. The van der Waals surface area contributed by atoms with Crippen LogP contribution >= 0.6 is 11.6 Å². The van der Waals surface area contributed by atoms with E-state index in [4.69, 9.17) is 11.6 Å². The Morgan fingerprint density at radius 3 is 1.95 bits per heavy atom. The Balaban J connectivity index is 1.32. The zero-order valence-electron chi connectivity index (χ0n) is 22.9. The number of carbonyl (C=O) groups excluding carboxylic acids is 2. The van der Waals surface area contributed by atoms with Crippen molar-refractivity contribution in [2.24, 2.45) is 11.8 Å². The summed E-state index contributed by atoms with van der Waals surface area (Å²) >= 11 is 6.37. The molecular weight excluding hydrogens is 569 g/mol. The van der Waals surface area contributed by atoms with E-state index in [1.165, 1.54) is 4.90 Å². The molecule has 2 aromatic rings. The lowest BCUT2D eigenvalue weighted by Gasteiger charge is -2.40. The Hall–Kier alpha value is -2.92. The number of amides is 2. The lowest BCUT2D eigenvalue weighted by molar-refractivity contribution is -0.262. The van der Waals surface area contributed by atoms with Crippen LogP contribution in [0.25, 0.3) is 0 Å². The number of aliphatic hydroxyl groups is 1. The standard InChI is InChI=1S/C29H33ClF5N3O3/c1-36(2)26(39)24-4-3-23(17-25(24)30)37-9-5-18(6-10-37)13-19-7-11-38(12-8-19)27(40)28(41,29(33,34)35)20-14-21(31)16-22(32)15-20/h3-4,14-19,41H,5-13H2,1-2H3/t28-/m1/s1. The van der Waals surface area contributed by atoms with Crippen molar-refractivity contribution in [3.8, 4) is 0 Å². The monoisotopic (exact) mass is 601 g/mol. The van der Waals surface area contributed by atoms with Gasteiger partial charge in [0.05, 0.1) is 10.6 Å². The Bertz CT molecular complexity index is 1250. The highest BCUT2D eigenvalue weighted by atomic mass is 35.5. The molecule has 0 saturated carbocycles. The second kappa shape index (κ2) is 12.1. The van der Waals surface area contributed by atoms with Crippen molar-refractivity contribution < 1.29 is 36.6 Å². The van der Waals surface area contributed by atoms with E-state index in [-0.39, 0.29) is 24.9 Å². The molecule has 2 saturated heterocycles. The molecule has 224 valence electrons. The molecule has 2 aliphatic heterocycles. The highest BCUT2D eigenvalue weighted by Crippen LogP contribution is 2.42. The van der Waals surface area contributed by atoms with Crippen LogP contribution in [-0.4, -0.2) is 73.2 Å². The number of rotatable bonds is 6. The molecule has 0 radical (unpaired) electrons. The molecule has 1 N–H and O–H groups in total. The van der Waals surface area contributed by atoms with Crippen LogP contribution in [0.5, 0.6) is 0 Å². The number of carbonyl (C=O) groups is 2. The van der Waals surface area contributed by atoms with E-state index in [1.54, 1.807) is 26.2 Å². The molecule has 2 amide bonds. The van der Waals surface area contributed by atoms with Crippen molar-refractivity contribution in [2.75, 3.05) is 45.2 Å². The van der Waals surface area contributed by atoms with Gasteiger partial charge < -0.3 is 19.8 Å². The topological polar surface area (TPSA) is 64.1 Å². The van der Waals surface area contributed by atoms with Crippen LogP contribution in [0.2, 0.25) is 5.02 Å². The summed E-state index contributed by atoms with van der Waals surface area (Å²) in [6, 6.07) is 6.45. The highest BCUT2D eigenvalue weighted by molar-refractivity contribution is 6.34. The fraction of sp³-hybridized carbons (Fsp3) is 0.517. The van der Waals surface area contributed by atoms with E-state index in [9.17, 15) is 36.6 Å². The van der Waals surface area contributed by atoms with Gasteiger partial charge in [-0.25, -0.2) is 8.78 Å². The van der Waals surface area contributed by atoms with Gasteiger partial charge >= 0.3 is 6.18 Å². The van der Waals surface area contributed by atoms with Gasteiger partial charge in [0.15, 0.2) is 0 Å². The molecule has 0 bridgehead atoms. The molecule has 0 unspecified atom stereocenters. The maximum atomic E-state index is 13.9. The fourth-order valence-electron chi connectivity index (χ4n) is 5.79. The zero-order chi connectivity index (χ0) is 30.1. The van der Waals surface area contributed by atoms with E-state index in [0.29, 0.717) is 47.5 Å². The van der Waals surface area contributed by atoms with Gasteiger partial charge in [-0.3, -0.25) is 9.59 Å². The van der Waals surface area contributed by atoms with E-state index in [1.807, 2.05) is 6.07 Å². The number of anilines is 1. The molecule has 2 aromatic carbocycles. The molecule has 12 heteroatoms. The first-order valence-corrected chi connectivity index (χ1v) is 13.9. The smallest absolute Gasteiger partial charge is 0.371 e. The van der Waals surface area contributed by atoms with Gasteiger partial charge in [-0.2, -0.15) is 13.2 Å².